The Morgan fingerprint density at radius 1 is 1.06 bits per heavy atom. The first-order valence-corrected chi connectivity index (χ1v) is 11.7. The lowest BCUT2D eigenvalue weighted by atomic mass is 9.87. The van der Waals surface area contributed by atoms with Gasteiger partial charge in [-0.25, -0.2) is 13.6 Å². The van der Waals surface area contributed by atoms with Crippen molar-refractivity contribution < 1.29 is 41.8 Å². The van der Waals surface area contributed by atoms with Crippen LogP contribution in [0.15, 0.2) is 18.2 Å². The highest BCUT2D eigenvalue weighted by atomic mass is 19.4. The number of rotatable bonds is 5. The number of halogens is 5. The first-order valence-electron chi connectivity index (χ1n) is 11.7. The summed E-state index contributed by atoms with van der Waals surface area (Å²) in [5.74, 6) is -3.45. The Hall–Kier alpha value is -2.27. The highest BCUT2D eigenvalue weighted by Crippen LogP contribution is 2.39. The molecule has 1 aromatic rings. The van der Waals surface area contributed by atoms with Crippen LogP contribution in [0.3, 0.4) is 0 Å². The highest BCUT2D eigenvalue weighted by Gasteiger charge is 2.42. The maximum atomic E-state index is 14.1. The fraction of sp³-hybridized carbons (Fsp3) is 0.667. The largest absolute Gasteiger partial charge is 0.490 e. The zero-order valence-corrected chi connectivity index (χ0v) is 20.0. The molecule has 0 bridgehead atoms. The third-order valence-corrected chi connectivity index (χ3v) is 6.56. The average Bonchev–Trinajstić information content (AvgIpc) is 3.00. The molecule has 0 saturated carbocycles. The zero-order chi connectivity index (χ0) is 26.4. The summed E-state index contributed by atoms with van der Waals surface area (Å²) in [6, 6.07) is 3.63. The molecule has 1 amide bonds. The van der Waals surface area contributed by atoms with E-state index in [9.17, 15) is 31.9 Å². The number of amides is 1. The fourth-order valence-corrected chi connectivity index (χ4v) is 4.83. The van der Waals surface area contributed by atoms with Gasteiger partial charge in [-0.15, -0.1) is 0 Å². The van der Waals surface area contributed by atoms with E-state index in [0.717, 1.165) is 44.7 Å². The molecular formula is C24H33F5N2O4. The van der Waals surface area contributed by atoms with E-state index in [1.165, 1.54) is 12.1 Å². The molecule has 2 N–H and O–H groups in total. The van der Waals surface area contributed by atoms with Crippen molar-refractivity contribution in [1.29, 1.82) is 0 Å². The van der Waals surface area contributed by atoms with E-state index < -0.39 is 24.1 Å². The molecule has 0 aliphatic carbocycles. The predicted molar refractivity (Wildman–Crippen MR) is 118 cm³/mol. The summed E-state index contributed by atoms with van der Waals surface area (Å²) in [5.41, 5.74) is 0.322. The monoisotopic (exact) mass is 508 g/mol. The third-order valence-electron chi connectivity index (χ3n) is 6.56. The van der Waals surface area contributed by atoms with Crippen molar-refractivity contribution in [2.45, 2.75) is 76.7 Å². The van der Waals surface area contributed by atoms with Crippen LogP contribution in [0.4, 0.5) is 22.0 Å². The Morgan fingerprint density at radius 3 is 2.23 bits per heavy atom. The molecule has 2 aliphatic heterocycles. The number of alkyl halides is 3. The summed E-state index contributed by atoms with van der Waals surface area (Å²) in [4.78, 5) is 25.6. The minimum Gasteiger partial charge on any atom is -0.475 e. The van der Waals surface area contributed by atoms with Gasteiger partial charge in [0.05, 0.1) is 0 Å². The number of carbonyl (C=O) groups excluding carboxylic acids is 1. The summed E-state index contributed by atoms with van der Waals surface area (Å²) in [6.07, 6.45) is -0.886. The maximum absolute atomic E-state index is 14.1. The number of carboxylic acid groups (broad SMARTS) is 1. The summed E-state index contributed by atoms with van der Waals surface area (Å²) in [6.45, 7) is 6.51. The van der Waals surface area contributed by atoms with Gasteiger partial charge in [0.25, 0.3) is 5.91 Å². The van der Waals surface area contributed by atoms with Crippen LogP contribution in [0, 0.1) is 17.6 Å². The van der Waals surface area contributed by atoms with Gasteiger partial charge in [0.2, 0.25) is 0 Å². The molecule has 2 aliphatic rings. The highest BCUT2D eigenvalue weighted by molar-refractivity contribution is 5.80. The van der Waals surface area contributed by atoms with Gasteiger partial charge in [-0.1, -0.05) is 13.8 Å². The second-order valence-electron chi connectivity index (χ2n) is 9.61. The Bertz CT molecular complexity index is 880. The number of hydrogen-bond donors (Lipinski definition) is 2. The molecule has 35 heavy (non-hydrogen) atoms. The minimum absolute atomic E-state index is 0.0726. The third kappa shape index (κ3) is 8.13. The smallest absolute Gasteiger partial charge is 0.475 e. The van der Waals surface area contributed by atoms with Crippen LogP contribution in [0.25, 0.3) is 0 Å². The van der Waals surface area contributed by atoms with Gasteiger partial charge in [-0.05, 0) is 69.2 Å². The average molecular weight is 509 g/mol. The SMILES string of the molecule is CC(C)CC(O)C(=O)N1CCCC2(CCCN2Cc2cc(F)ccc2F)CC1.O=C(O)C(F)(F)F. The lowest BCUT2D eigenvalue weighted by molar-refractivity contribution is -0.192. The number of aliphatic hydroxyl groups is 1. The molecule has 2 unspecified atom stereocenters. The predicted octanol–water partition coefficient (Wildman–Crippen LogP) is 4.35. The van der Waals surface area contributed by atoms with Crippen LogP contribution in [-0.4, -0.2) is 69.3 Å². The molecule has 2 fully saturated rings. The molecular weight excluding hydrogens is 475 g/mol. The molecule has 2 saturated heterocycles. The topological polar surface area (TPSA) is 81.1 Å². The van der Waals surface area contributed by atoms with Gasteiger partial charge in [-0.2, -0.15) is 13.2 Å². The summed E-state index contributed by atoms with van der Waals surface area (Å²) >= 11 is 0. The molecule has 0 radical (unpaired) electrons. The van der Waals surface area contributed by atoms with E-state index in [-0.39, 0.29) is 23.2 Å². The van der Waals surface area contributed by atoms with Crippen LogP contribution in [0.1, 0.15) is 57.9 Å². The molecule has 1 spiro atoms. The Kier molecular flexibility index (Phi) is 10.0. The number of carboxylic acids is 1. The van der Waals surface area contributed by atoms with Crippen molar-refractivity contribution in [3.63, 3.8) is 0 Å². The molecule has 11 heteroatoms. The molecule has 198 valence electrons. The van der Waals surface area contributed by atoms with Crippen molar-refractivity contribution in [2.24, 2.45) is 5.92 Å². The van der Waals surface area contributed by atoms with Crippen molar-refractivity contribution in [1.82, 2.24) is 9.80 Å². The van der Waals surface area contributed by atoms with Crippen molar-refractivity contribution >= 4 is 11.9 Å². The van der Waals surface area contributed by atoms with E-state index >= 15 is 0 Å². The van der Waals surface area contributed by atoms with Gasteiger partial charge in [0.1, 0.15) is 17.7 Å². The van der Waals surface area contributed by atoms with Crippen LogP contribution < -0.4 is 0 Å². The number of hydrogen-bond acceptors (Lipinski definition) is 4. The van der Waals surface area contributed by atoms with Gasteiger partial charge >= 0.3 is 12.1 Å². The summed E-state index contributed by atoms with van der Waals surface area (Å²) < 4.78 is 59.5. The normalized spacial score (nSPS) is 22.0. The Balaban J connectivity index is 0.000000540. The second kappa shape index (κ2) is 12.1. The first-order chi connectivity index (χ1) is 16.2. The Morgan fingerprint density at radius 2 is 1.66 bits per heavy atom. The first kappa shape index (κ1) is 29.0. The molecule has 2 atom stereocenters. The lowest BCUT2D eigenvalue weighted by Crippen LogP contribution is -2.45. The standard InChI is InChI=1S/C22H32F2N2O2.C2HF3O2/c1-16(2)13-20(27)21(28)25-10-3-7-22(9-12-25)8-4-11-26(22)15-17-14-18(23)5-6-19(17)24;3-2(4,5)1(6)7/h5-6,14,16,20,27H,3-4,7-13,15H2,1-2H3;(H,6,7). The molecule has 3 rings (SSSR count). The number of benzene rings is 1. The lowest BCUT2D eigenvalue weighted by Gasteiger charge is -2.38. The van der Waals surface area contributed by atoms with Crippen LogP contribution in [0.2, 0.25) is 0 Å². The number of nitrogens with zero attached hydrogens (tertiary/aromatic N) is 2. The van der Waals surface area contributed by atoms with Crippen molar-refractivity contribution in [2.75, 3.05) is 19.6 Å². The van der Waals surface area contributed by atoms with E-state index in [1.807, 2.05) is 13.8 Å². The van der Waals surface area contributed by atoms with Crippen LogP contribution >= 0.6 is 0 Å². The quantitative estimate of drug-likeness (QED) is 0.578. The van der Waals surface area contributed by atoms with Gasteiger partial charge < -0.3 is 15.1 Å². The van der Waals surface area contributed by atoms with Gasteiger partial charge in [-0.3, -0.25) is 9.69 Å². The van der Waals surface area contributed by atoms with E-state index in [1.54, 1.807) is 4.90 Å². The fourth-order valence-electron chi connectivity index (χ4n) is 4.83. The van der Waals surface area contributed by atoms with Gasteiger partial charge in [0.15, 0.2) is 0 Å². The van der Waals surface area contributed by atoms with Gasteiger partial charge in [0, 0.05) is 30.7 Å². The molecule has 0 aromatic heterocycles. The maximum Gasteiger partial charge on any atom is 0.490 e. The Labute approximate surface area is 201 Å². The summed E-state index contributed by atoms with van der Waals surface area (Å²) in [7, 11) is 0. The molecule has 6 nitrogen and oxygen atoms in total. The number of likely N-dealkylation sites (tertiary alicyclic amines) is 2. The van der Waals surface area contributed by atoms with E-state index in [4.69, 9.17) is 9.90 Å². The van der Waals surface area contributed by atoms with Crippen LogP contribution in [-0.2, 0) is 16.1 Å². The molecule has 1 aromatic carbocycles. The minimum atomic E-state index is -5.08. The molecule has 2 heterocycles. The summed E-state index contributed by atoms with van der Waals surface area (Å²) in [5, 5.41) is 17.3. The second-order valence-corrected chi connectivity index (χ2v) is 9.61. The van der Waals surface area contributed by atoms with E-state index in [2.05, 4.69) is 4.90 Å². The zero-order valence-electron chi connectivity index (χ0n) is 20.0. The number of aliphatic carboxylic acids is 1. The number of carbonyl (C=O) groups is 2. The van der Waals surface area contributed by atoms with E-state index in [0.29, 0.717) is 31.6 Å². The number of aliphatic hydroxyl groups excluding tert-OH is 1. The van der Waals surface area contributed by atoms with Crippen molar-refractivity contribution in [3.8, 4) is 0 Å². The van der Waals surface area contributed by atoms with Crippen LogP contribution in [0.5, 0.6) is 0 Å². The van der Waals surface area contributed by atoms with Crippen molar-refractivity contribution in [3.05, 3.63) is 35.4 Å².